The molecule has 0 aliphatic heterocycles. The molecule has 0 aliphatic carbocycles. The van der Waals surface area contributed by atoms with Gasteiger partial charge in [0, 0.05) is 19.3 Å². The molecule has 1 amide bonds. The quantitative estimate of drug-likeness (QED) is 0.0213. The van der Waals surface area contributed by atoms with Crippen LogP contribution in [0.25, 0.3) is 0 Å². The molecule has 0 radical (unpaired) electrons. The first-order chi connectivity index (χ1) is 29.5. The van der Waals surface area contributed by atoms with E-state index in [1.165, 1.54) is 47.6 Å². The fourth-order valence-electron chi connectivity index (χ4n) is 6.38. The number of carboxylic acids is 2. The largest absolute Gasteiger partial charge is 0.481 e. The summed E-state index contributed by atoms with van der Waals surface area (Å²) in [6, 6.07) is 4.99. The van der Waals surface area contributed by atoms with Crippen molar-refractivity contribution in [3.63, 3.8) is 0 Å². The molecule has 15 nitrogen and oxygen atoms in total. The smallest absolute Gasteiger partial charge is 0.338 e. The Labute approximate surface area is 373 Å². The summed E-state index contributed by atoms with van der Waals surface area (Å²) < 4.78 is 21.2. The molecule has 3 atom stereocenters. The number of nitrogens with one attached hydrogen (secondary N) is 1. The summed E-state index contributed by atoms with van der Waals surface area (Å²) >= 11 is 0. The fraction of sp³-hybridized carbons (Fsp3) is 0.646. The summed E-state index contributed by atoms with van der Waals surface area (Å²) in [5, 5.41) is 36.8. The summed E-state index contributed by atoms with van der Waals surface area (Å²) in [7, 11) is 1.07. The SMILES string of the molecule is CC#CCOc1ccc(C[C@H](NC(=O)[C@@H](C=CCCCCCCC(=O)CCCCCCC)[C@@](O)(C(=O)O)C(COC(=O)C(C)(C)C)(COC(=O)C(C)(C)C)C(=O)O)C(=O)OC)cc1. The number of allylic oxidation sites excluding steroid dienone is 1. The number of hydrogen-bond donors (Lipinski definition) is 4. The number of amides is 1. The number of unbranched alkanes of at least 4 members (excludes halogenated alkanes) is 8. The van der Waals surface area contributed by atoms with Crippen molar-refractivity contribution in [2.24, 2.45) is 22.2 Å². The molecule has 1 aromatic rings. The summed E-state index contributed by atoms with van der Waals surface area (Å²) in [6.07, 6.45) is 11.4. The third-order valence-electron chi connectivity index (χ3n) is 10.4. The van der Waals surface area contributed by atoms with E-state index in [1.807, 2.05) is 0 Å². The molecular weight excluding hydrogens is 815 g/mol. The maximum Gasteiger partial charge on any atom is 0.338 e. The van der Waals surface area contributed by atoms with Crippen molar-refractivity contribution in [3.05, 3.63) is 42.0 Å². The van der Waals surface area contributed by atoms with Gasteiger partial charge in [-0.2, -0.15) is 0 Å². The molecule has 15 heteroatoms. The average molecular weight is 886 g/mol. The molecule has 0 saturated heterocycles. The summed E-state index contributed by atoms with van der Waals surface area (Å²) in [6.45, 7) is 10.0. The molecule has 63 heavy (non-hydrogen) atoms. The van der Waals surface area contributed by atoms with Crippen LogP contribution in [0.2, 0.25) is 0 Å². The Hall–Kier alpha value is -5.23. The average Bonchev–Trinajstić information content (AvgIpc) is 3.21. The minimum absolute atomic E-state index is 0.140. The highest BCUT2D eigenvalue weighted by atomic mass is 16.6. The van der Waals surface area contributed by atoms with Gasteiger partial charge in [-0.25, -0.2) is 9.59 Å². The fourth-order valence-corrected chi connectivity index (χ4v) is 6.38. The van der Waals surface area contributed by atoms with Crippen LogP contribution in [-0.4, -0.2) is 95.4 Å². The number of carbonyl (C=O) groups excluding carboxylic acids is 5. The number of ether oxygens (including phenoxy) is 4. The number of aliphatic carboxylic acids is 2. The number of methoxy groups -OCH3 is 1. The summed E-state index contributed by atoms with van der Waals surface area (Å²) in [4.78, 5) is 93.1. The monoisotopic (exact) mass is 885 g/mol. The molecule has 0 aromatic heterocycles. The number of carbonyl (C=O) groups is 7. The van der Waals surface area contributed by atoms with E-state index in [1.54, 1.807) is 31.2 Å². The van der Waals surface area contributed by atoms with E-state index in [4.69, 9.17) is 18.9 Å². The topological polar surface area (TPSA) is 229 Å². The third-order valence-corrected chi connectivity index (χ3v) is 10.4. The minimum atomic E-state index is -3.70. The van der Waals surface area contributed by atoms with E-state index < -0.39 is 82.8 Å². The van der Waals surface area contributed by atoms with Crippen LogP contribution in [-0.2, 0) is 54.2 Å². The molecular formula is C48H71NO14. The van der Waals surface area contributed by atoms with E-state index in [-0.39, 0.29) is 25.2 Å². The Morgan fingerprint density at radius 3 is 1.75 bits per heavy atom. The molecule has 0 heterocycles. The Morgan fingerprint density at radius 1 is 0.762 bits per heavy atom. The van der Waals surface area contributed by atoms with Crippen molar-refractivity contribution >= 4 is 41.5 Å². The Bertz CT molecular complexity index is 1730. The molecule has 1 rings (SSSR count). The minimum Gasteiger partial charge on any atom is -0.481 e. The van der Waals surface area contributed by atoms with Gasteiger partial charge in [-0.1, -0.05) is 75.7 Å². The molecule has 1 aromatic carbocycles. The zero-order valence-electron chi connectivity index (χ0n) is 38.8. The van der Waals surface area contributed by atoms with E-state index in [0.29, 0.717) is 43.4 Å². The lowest BCUT2D eigenvalue weighted by atomic mass is 9.65. The number of ketones is 1. The highest BCUT2D eigenvalue weighted by Crippen LogP contribution is 2.42. The van der Waals surface area contributed by atoms with Gasteiger partial charge in [0.25, 0.3) is 0 Å². The van der Waals surface area contributed by atoms with Crippen LogP contribution in [0.15, 0.2) is 36.4 Å². The molecule has 4 N–H and O–H groups in total. The van der Waals surface area contributed by atoms with Crippen LogP contribution < -0.4 is 10.1 Å². The van der Waals surface area contributed by atoms with Crippen molar-refractivity contribution in [2.75, 3.05) is 26.9 Å². The number of benzene rings is 1. The maximum atomic E-state index is 14.5. The predicted molar refractivity (Wildman–Crippen MR) is 235 cm³/mol. The van der Waals surface area contributed by atoms with Gasteiger partial charge in [0.15, 0.2) is 11.0 Å². The number of aliphatic hydroxyl groups is 1. The second-order valence-corrected chi connectivity index (χ2v) is 17.8. The van der Waals surface area contributed by atoms with Crippen LogP contribution >= 0.6 is 0 Å². The zero-order valence-corrected chi connectivity index (χ0v) is 38.8. The number of esters is 3. The van der Waals surface area contributed by atoms with Gasteiger partial charge < -0.3 is 39.6 Å². The summed E-state index contributed by atoms with van der Waals surface area (Å²) in [5.74, 6) is -4.60. The lowest BCUT2D eigenvalue weighted by molar-refractivity contribution is -0.216. The second kappa shape index (κ2) is 27.1. The first kappa shape index (κ1) is 55.8. The standard InChI is InChI=1S/C48H71NO14/c1-10-12-14-17-20-23-35(50)24-21-18-15-16-19-22-25-37(39(51)49-38(40(52)60-9)31-34-26-28-36(29-27-34)61-30-13-11-2)48(59,42(55)56)47(41(53)54,32-62-43(57)45(3,4)5)33-63-44(58)46(6,7)8/h22,25-29,37-38,59H,10,12,14-21,23-24,30-33H2,1-9H3,(H,49,51)(H,53,54)(H,55,56)/t37-,38+,48-/m1/s1. The molecule has 0 spiro atoms. The number of carboxylic acid groups (broad SMARTS) is 2. The highest BCUT2D eigenvalue weighted by molar-refractivity contribution is 5.97. The van der Waals surface area contributed by atoms with Gasteiger partial charge in [-0.15, -0.1) is 5.92 Å². The van der Waals surface area contributed by atoms with Crippen LogP contribution in [0.5, 0.6) is 5.75 Å². The molecule has 0 fully saturated rings. The van der Waals surface area contributed by atoms with Crippen LogP contribution in [0.4, 0.5) is 0 Å². The molecule has 352 valence electrons. The number of rotatable bonds is 29. The van der Waals surface area contributed by atoms with Gasteiger partial charge in [0.1, 0.15) is 37.4 Å². The molecule has 0 aliphatic rings. The van der Waals surface area contributed by atoms with Gasteiger partial charge in [-0.05, 0) is 91.8 Å². The lowest BCUT2D eigenvalue weighted by Crippen LogP contribution is -2.69. The van der Waals surface area contributed by atoms with Gasteiger partial charge in [0.2, 0.25) is 5.91 Å². The first-order valence-electron chi connectivity index (χ1n) is 21.7. The van der Waals surface area contributed by atoms with Gasteiger partial charge in [-0.3, -0.25) is 24.0 Å². The third kappa shape index (κ3) is 18.2. The van der Waals surface area contributed by atoms with Gasteiger partial charge in [0.05, 0.1) is 23.9 Å². The summed E-state index contributed by atoms with van der Waals surface area (Å²) in [5.41, 5.74) is -8.85. The Balaban J connectivity index is 3.70. The van der Waals surface area contributed by atoms with Crippen molar-refractivity contribution in [1.29, 1.82) is 0 Å². The van der Waals surface area contributed by atoms with Crippen molar-refractivity contribution < 1.29 is 67.8 Å². The Morgan fingerprint density at radius 2 is 1.29 bits per heavy atom. The maximum absolute atomic E-state index is 14.5. The van der Waals surface area contributed by atoms with E-state index >= 15 is 0 Å². The van der Waals surface area contributed by atoms with E-state index in [2.05, 4.69) is 24.1 Å². The first-order valence-corrected chi connectivity index (χ1v) is 21.7. The predicted octanol–water partition coefficient (Wildman–Crippen LogP) is 6.80. The van der Waals surface area contributed by atoms with Crippen molar-refractivity contribution in [3.8, 4) is 17.6 Å². The molecule has 0 unspecified atom stereocenters. The molecule has 0 saturated carbocycles. The number of hydrogen-bond acceptors (Lipinski definition) is 12. The van der Waals surface area contributed by atoms with E-state index in [0.717, 1.165) is 51.7 Å². The van der Waals surface area contributed by atoms with Crippen LogP contribution in [0, 0.1) is 34.0 Å². The van der Waals surface area contributed by atoms with E-state index in [9.17, 15) is 48.9 Å². The highest BCUT2D eigenvalue weighted by Gasteiger charge is 2.68. The van der Waals surface area contributed by atoms with Crippen LogP contribution in [0.1, 0.15) is 138 Å². The number of Topliss-reactive ketones (excluding diaryl/α,β-unsaturated/α-hetero) is 1. The van der Waals surface area contributed by atoms with Crippen LogP contribution in [0.3, 0.4) is 0 Å². The van der Waals surface area contributed by atoms with Crippen molar-refractivity contribution in [2.45, 2.75) is 151 Å². The lowest BCUT2D eigenvalue weighted by Gasteiger charge is -2.43. The normalized spacial score (nSPS) is 13.7. The van der Waals surface area contributed by atoms with Gasteiger partial charge >= 0.3 is 29.8 Å². The molecule has 0 bridgehead atoms. The zero-order chi connectivity index (χ0) is 47.9. The van der Waals surface area contributed by atoms with Crippen molar-refractivity contribution in [1.82, 2.24) is 5.32 Å². The second-order valence-electron chi connectivity index (χ2n) is 17.8. The Kier molecular flexibility index (Phi) is 24.0.